The fourth-order valence-electron chi connectivity index (χ4n) is 3.66. The summed E-state index contributed by atoms with van der Waals surface area (Å²) in [5.74, 6) is 0.748. The SMILES string of the molecule is CC1(C)CCCC1(O)c1cccc(C2CCC2)c1. The van der Waals surface area contributed by atoms with E-state index in [1.807, 2.05) is 0 Å². The quantitative estimate of drug-likeness (QED) is 0.820. The zero-order valence-corrected chi connectivity index (χ0v) is 11.6. The summed E-state index contributed by atoms with van der Waals surface area (Å²) in [6.07, 6.45) is 7.18. The molecule has 0 bridgehead atoms. The second-order valence-corrected chi connectivity index (χ2v) is 6.85. The Morgan fingerprint density at radius 3 is 2.44 bits per heavy atom. The van der Waals surface area contributed by atoms with Gasteiger partial charge in [-0.15, -0.1) is 0 Å². The van der Waals surface area contributed by atoms with Crippen molar-refractivity contribution in [1.82, 2.24) is 0 Å². The lowest BCUT2D eigenvalue weighted by Gasteiger charge is -2.38. The normalized spacial score (nSPS) is 31.3. The second kappa shape index (κ2) is 4.09. The highest BCUT2D eigenvalue weighted by Gasteiger charge is 2.48. The highest BCUT2D eigenvalue weighted by molar-refractivity contribution is 5.33. The second-order valence-electron chi connectivity index (χ2n) is 6.85. The van der Waals surface area contributed by atoms with Crippen molar-refractivity contribution in [1.29, 1.82) is 0 Å². The molecule has 2 fully saturated rings. The molecule has 0 aliphatic heterocycles. The summed E-state index contributed by atoms with van der Waals surface area (Å²) in [7, 11) is 0. The van der Waals surface area contributed by atoms with E-state index >= 15 is 0 Å². The van der Waals surface area contributed by atoms with E-state index in [4.69, 9.17) is 0 Å². The molecule has 1 aromatic carbocycles. The summed E-state index contributed by atoms with van der Waals surface area (Å²) >= 11 is 0. The number of hydrogen-bond donors (Lipinski definition) is 1. The van der Waals surface area contributed by atoms with Crippen LogP contribution in [0.25, 0.3) is 0 Å². The molecule has 0 aromatic heterocycles. The largest absolute Gasteiger partial charge is 0.385 e. The van der Waals surface area contributed by atoms with Crippen LogP contribution >= 0.6 is 0 Å². The maximum absolute atomic E-state index is 11.1. The lowest BCUT2D eigenvalue weighted by molar-refractivity contribution is -0.0486. The molecule has 0 spiro atoms. The van der Waals surface area contributed by atoms with Gasteiger partial charge in [-0.25, -0.2) is 0 Å². The van der Waals surface area contributed by atoms with Crippen molar-refractivity contribution >= 4 is 0 Å². The van der Waals surface area contributed by atoms with Crippen molar-refractivity contribution in [2.24, 2.45) is 5.41 Å². The molecule has 0 saturated heterocycles. The number of hydrogen-bond acceptors (Lipinski definition) is 1. The van der Waals surface area contributed by atoms with Crippen molar-refractivity contribution in [3.05, 3.63) is 35.4 Å². The van der Waals surface area contributed by atoms with E-state index in [-0.39, 0.29) is 5.41 Å². The maximum atomic E-state index is 11.1. The van der Waals surface area contributed by atoms with Crippen LogP contribution in [0.3, 0.4) is 0 Å². The molecule has 0 radical (unpaired) electrons. The van der Waals surface area contributed by atoms with Gasteiger partial charge in [-0.05, 0) is 54.6 Å². The molecule has 1 heteroatoms. The molecule has 1 aromatic rings. The van der Waals surface area contributed by atoms with Crippen LogP contribution in [0.4, 0.5) is 0 Å². The molecule has 2 aliphatic carbocycles. The smallest absolute Gasteiger partial charge is 0.0947 e. The van der Waals surface area contributed by atoms with Gasteiger partial charge in [-0.3, -0.25) is 0 Å². The van der Waals surface area contributed by atoms with Crippen molar-refractivity contribution in [3.63, 3.8) is 0 Å². The Hall–Kier alpha value is -0.820. The third kappa shape index (κ3) is 1.72. The predicted molar refractivity (Wildman–Crippen MR) is 74.6 cm³/mol. The van der Waals surface area contributed by atoms with E-state index in [9.17, 15) is 5.11 Å². The highest BCUT2D eigenvalue weighted by atomic mass is 16.3. The number of aliphatic hydroxyl groups is 1. The summed E-state index contributed by atoms with van der Waals surface area (Å²) in [6, 6.07) is 8.76. The van der Waals surface area contributed by atoms with Gasteiger partial charge >= 0.3 is 0 Å². The first kappa shape index (κ1) is 12.2. The van der Waals surface area contributed by atoms with Crippen LogP contribution in [0.15, 0.2) is 24.3 Å². The van der Waals surface area contributed by atoms with Gasteiger partial charge in [0.05, 0.1) is 5.60 Å². The summed E-state index contributed by atoms with van der Waals surface area (Å²) < 4.78 is 0. The Labute approximate surface area is 110 Å². The van der Waals surface area contributed by atoms with Crippen LogP contribution in [0.5, 0.6) is 0 Å². The zero-order valence-electron chi connectivity index (χ0n) is 11.6. The molecule has 98 valence electrons. The minimum absolute atomic E-state index is 0.00520. The Balaban J connectivity index is 1.96. The van der Waals surface area contributed by atoms with Gasteiger partial charge in [-0.2, -0.15) is 0 Å². The Kier molecular flexibility index (Phi) is 2.78. The van der Waals surface area contributed by atoms with Gasteiger partial charge in [0.15, 0.2) is 0 Å². The van der Waals surface area contributed by atoms with E-state index in [1.54, 1.807) is 0 Å². The summed E-state index contributed by atoms with van der Waals surface area (Å²) in [5.41, 5.74) is 1.97. The Bertz CT molecular complexity index is 445. The molecule has 3 rings (SSSR count). The predicted octanol–water partition coefficient (Wildman–Crippen LogP) is 4.35. The Morgan fingerprint density at radius 2 is 1.89 bits per heavy atom. The fraction of sp³-hybridized carbons (Fsp3) is 0.647. The fourth-order valence-corrected chi connectivity index (χ4v) is 3.66. The van der Waals surface area contributed by atoms with Crippen LogP contribution in [-0.2, 0) is 5.60 Å². The molecular weight excluding hydrogens is 220 g/mol. The topological polar surface area (TPSA) is 20.2 Å². The van der Waals surface area contributed by atoms with Crippen molar-refractivity contribution in [2.45, 2.75) is 63.9 Å². The van der Waals surface area contributed by atoms with Gasteiger partial charge in [-0.1, -0.05) is 44.5 Å². The number of benzene rings is 1. The molecule has 1 unspecified atom stereocenters. The van der Waals surface area contributed by atoms with Crippen LogP contribution in [-0.4, -0.2) is 5.11 Å². The van der Waals surface area contributed by atoms with Crippen LogP contribution in [0.2, 0.25) is 0 Å². The van der Waals surface area contributed by atoms with E-state index in [0.29, 0.717) is 0 Å². The number of rotatable bonds is 2. The van der Waals surface area contributed by atoms with Gasteiger partial charge < -0.3 is 5.11 Å². The maximum Gasteiger partial charge on any atom is 0.0947 e. The van der Waals surface area contributed by atoms with Crippen molar-refractivity contribution < 1.29 is 5.11 Å². The first-order chi connectivity index (χ1) is 8.53. The molecule has 0 heterocycles. The van der Waals surface area contributed by atoms with Crippen LogP contribution < -0.4 is 0 Å². The lowest BCUT2D eigenvalue weighted by atomic mass is 9.72. The first-order valence-corrected chi connectivity index (χ1v) is 7.36. The average Bonchev–Trinajstić information content (AvgIpc) is 2.53. The molecular formula is C17H24O. The van der Waals surface area contributed by atoms with E-state index in [0.717, 1.165) is 30.7 Å². The minimum Gasteiger partial charge on any atom is -0.385 e. The molecule has 0 amide bonds. The van der Waals surface area contributed by atoms with E-state index in [2.05, 4.69) is 38.1 Å². The van der Waals surface area contributed by atoms with Gasteiger partial charge in [0, 0.05) is 0 Å². The third-order valence-electron chi connectivity index (χ3n) is 5.40. The average molecular weight is 244 g/mol. The zero-order chi connectivity index (χ0) is 12.8. The first-order valence-electron chi connectivity index (χ1n) is 7.36. The third-order valence-corrected chi connectivity index (χ3v) is 5.40. The van der Waals surface area contributed by atoms with Gasteiger partial charge in [0.1, 0.15) is 0 Å². The molecule has 1 nitrogen and oxygen atoms in total. The molecule has 2 saturated carbocycles. The van der Waals surface area contributed by atoms with E-state index < -0.39 is 5.60 Å². The summed E-state index contributed by atoms with van der Waals surface area (Å²) in [6.45, 7) is 4.41. The summed E-state index contributed by atoms with van der Waals surface area (Å²) in [4.78, 5) is 0. The van der Waals surface area contributed by atoms with Gasteiger partial charge in [0.25, 0.3) is 0 Å². The monoisotopic (exact) mass is 244 g/mol. The summed E-state index contributed by atoms with van der Waals surface area (Å²) in [5, 5.41) is 11.1. The van der Waals surface area contributed by atoms with Crippen LogP contribution in [0.1, 0.15) is 69.4 Å². The Morgan fingerprint density at radius 1 is 1.11 bits per heavy atom. The van der Waals surface area contributed by atoms with Crippen molar-refractivity contribution in [2.75, 3.05) is 0 Å². The lowest BCUT2D eigenvalue weighted by Crippen LogP contribution is -2.37. The van der Waals surface area contributed by atoms with Crippen LogP contribution in [0, 0.1) is 5.41 Å². The molecule has 1 N–H and O–H groups in total. The minimum atomic E-state index is -0.618. The van der Waals surface area contributed by atoms with Gasteiger partial charge in [0.2, 0.25) is 0 Å². The standard InChI is InChI=1S/C17H24O/c1-16(2)10-5-11-17(16,18)15-9-4-8-14(12-15)13-6-3-7-13/h4,8-9,12-13,18H,3,5-7,10-11H2,1-2H3. The van der Waals surface area contributed by atoms with Crippen molar-refractivity contribution in [3.8, 4) is 0 Å². The molecule has 1 atom stereocenters. The highest BCUT2D eigenvalue weighted by Crippen LogP contribution is 2.52. The molecule has 18 heavy (non-hydrogen) atoms. The van der Waals surface area contributed by atoms with E-state index in [1.165, 1.54) is 24.8 Å². The molecule has 2 aliphatic rings.